The number of phosphoric acid groups is 1. The third-order valence-corrected chi connectivity index (χ3v) is 14.6. The van der Waals surface area contributed by atoms with E-state index in [9.17, 15) is 19.0 Å². The van der Waals surface area contributed by atoms with Crippen molar-refractivity contribution in [3.8, 4) is 0 Å². The Morgan fingerprint density at radius 3 is 1.26 bits per heavy atom. The van der Waals surface area contributed by atoms with Crippen LogP contribution >= 0.6 is 7.82 Å². The monoisotopic (exact) mass is 1010 g/mol. The first-order chi connectivity index (χ1) is 33.9. The van der Waals surface area contributed by atoms with E-state index in [2.05, 4.69) is 38.2 Å². The van der Waals surface area contributed by atoms with Gasteiger partial charge in [-0.15, -0.1) is 0 Å². The molecule has 0 heterocycles. The van der Waals surface area contributed by atoms with Crippen LogP contribution < -0.4 is 10.2 Å². The summed E-state index contributed by atoms with van der Waals surface area (Å²) in [5.74, 6) is -0.539. The molecule has 0 spiro atoms. The van der Waals surface area contributed by atoms with E-state index in [-0.39, 0.29) is 31.5 Å². The maximum absolute atomic E-state index is 13.4. The lowest BCUT2D eigenvalue weighted by Crippen LogP contribution is -2.47. The van der Waals surface area contributed by atoms with Crippen LogP contribution in [0.15, 0.2) is 24.3 Å². The van der Waals surface area contributed by atoms with Crippen LogP contribution in [0.2, 0.25) is 0 Å². The zero-order valence-corrected chi connectivity index (χ0v) is 48.1. The maximum Gasteiger partial charge on any atom is 0.306 e. The van der Waals surface area contributed by atoms with Crippen molar-refractivity contribution in [2.75, 3.05) is 40.9 Å². The van der Waals surface area contributed by atoms with E-state index in [4.69, 9.17) is 13.8 Å². The summed E-state index contributed by atoms with van der Waals surface area (Å²) < 4.78 is 30.2. The number of likely N-dealkylation sites (N-methyl/N-ethyl adjacent to an activating group) is 1. The number of nitrogens with one attached hydrogen (secondary N) is 1. The number of carbonyl (C=O) groups excluding carboxylic acids is 2. The van der Waals surface area contributed by atoms with Crippen molar-refractivity contribution in [1.29, 1.82) is 0 Å². The van der Waals surface area contributed by atoms with Gasteiger partial charge in [0.15, 0.2) is 0 Å². The molecule has 1 amide bonds. The van der Waals surface area contributed by atoms with Gasteiger partial charge in [-0.3, -0.25) is 14.2 Å². The number of hydrogen-bond donors (Lipinski definition) is 1. The molecule has 0 rings (SSSR count). The van der Waals surface area contributed by atoms with Crippen molar-refractivity contribution < 1.29 is 37.3 Å². The van der Waals surface area contributed by atoms with Crippen molar-refractivity contribution in [2.24, 2.45) is 0 Å². The fourth-order valence-corrected chi connectivity index (χ4v) is 9.64. The van der Waals surface area contributed by atoms with Crippen LogP contribution in [0.4, 0.5) is 0 Å². The van der Waals surface area contributed by atoms with E-state index in [0.29, 0.717) is 17.4 Å². The van der Waals surface area contributed by atoms with Gasteiger partial charge < -0.3 is 28.5 Å². The highest BCUT2D eigenvalue weighted by molar-refractivity contribution is 7.45. The van der Waals surface area contributed by atoms with Gasteiger partial charge in [0.05, 0.1) is 33.8 Å². The third-order valence-electron chi connectivity index (χ3n) is 13.6. The van der Waals surface area contributed by atoms with Gasteiger partial charge in [-0.2, -0.15) is 0 Å². The van der Waals surface area contributed by atoms with E-state index < -0.39 is 20.0 Å². The molecule has 9 nitrogen and oxygen atoms in total. The molecule has 70 heavy (non-hydrogen) atoms. The molecule has 0 aromatic carbocycles. The number of allylic oxidation sites excluding steroid dienone is 3. The maximum atomic E-state index is 13.4. The van der Waals surface area contributed by atoms with E-state index in [1.165, 1.54) is 180 Å². The van der Waals surface area contributed by atoms with Crippen LogP contribution in [0.3, 0.4) is 0 Å². The zero-order chi connectivity index (χ0) is 51.5. The minimum Gasteiger partial charge on any atom is -0.756 e. The summed E-state index contributed by atoms with van der Waals surface area (Å²) in [5, 5.41) is 3.02. The van der Waals surface area contributed by atoms with Crippen molar-refractivity contribution in [3.05, 3.63) is 24.3 Å². The number of amides is 1. The molecule has 0 aliphatic heterocycles. The molecule has 414 valence electrons. The van der Waals surface area contributed by atoms with E-state index in [0.717, 1.165) is 83.5 Å². The van der Waals surface area contributed by atoms with Gasteiger partial charge in [-0.05, 0) is 51.0 Å². The minimum atomic E-state index is -4.69. The molecule has 0 bridgehead atoms. The van der Waals surface area contributed by atoms with Crippen LogP contribution in [0.5, 0.6) is 0 Å². The summed E-state index contributed by atoms with van der Waals surface area (Å²) in [5.41, 5.74) is 0. The molecule has 1 N–H and O–H groups in total. The van der Waals surface area contributed by atoms with Crippen LogP contribution in [-0.2, 0) is 27.9 Å². The van der Waals surface area contributed by atoms with Gasteiger partial charge in [0.1, 0.15) is 19.3 Å². The Bertz CT molecular complexity index is 1250. The normalized spacial score (nSPS) is 13.9. The highest BCUT2D eigenvalue weighted by Gasteiger charge is 2.27. The van der Waals surface area contributed by atoms with Gasteiger partial charge in [0.25, 0.3) is 7.82 Å². The second kappa shape index (κ2) is 51.0. The van der Waals surface area contributed by atoms with Crippen molar-refractivity contribution in [2.45, 2.75) is 309 Å². The summed E-state index contributed by atoms with van der Waals surface area (Å²) in [6.07, 6.45) is 58.6. The molecular formula is C60H117N2O7P. The number of esters is 1. The quantitative estimate of drug-likeness (QED) is 0.0212. The Balaban J connectivity index is 5.15. The molecule has 10 heteroatoms. The first-order valence-electron chi connectivity index (χ1n) is 30.1. The van der Waals surface area contributed by atoms with Gasteiger partial charge in [-0.1, -0.05) is 257 Å². The van der Waals surface area contributed by atoms with Crippen molar-refractivity contribution >= 4 is 19.7 Å². The first-order valence-corrected chi connectivity index (χ1v) is 31.6. The van der Waals surface area contributed by atoms with Crippen LogP contribution in [0.25, 0.3) is 0 Å². The van der Waals surface area contributed by atoms with Gasteiger partial charge in [0, 0.05) is 12.8 Å². The predicted molar refractivity (Wildman–Crippen MR) is 298 cm³/mol. The van der Waals surface area contributed by atoms with Gasteiger partial charge >= 0.3 is 5.97 Å². The van der Waals surface area contributed by atoms with Crippen LogP contribution in [-0.4, -0.2) is 69.4 Å². The smallest absolute Gasteiger partial charge is 0.306 e. The molecule has 0 aromatic rings. The minimum absolute atomic E-state index is 0.0207. The molecule has 0 radical (unpaired) electrons. The molecule has 3 atom stereocenters. The number of quaternary nitrogens is 1. The molecule has 0 aliphatic carbocycles. The Morgan fingerprint density at radius 1 is 0.486 bits per heavy atom. The molecule has 0 aliphatic rings. The largest absolute Gasteiger partial charge is 0.756 e. The number of hydrogen-bond acceptors (Lipinski definition) is 7. The molecule has 0 fully saturated rings. The van der Waals surface area contributed by atoms with Gasteiger partial charge in [0.2, 0.25) is 5.91 Å². The molecule has 0 aromatic heterocycles. The molecule has 0 saturated carbocycles. The lowest BCUT2D eigenvalue weighted by atomic mass is 10.0. The SMILES string of the molecule is CCCC/C=C\CCCCCCCC(=O)NC(COP(=O)([O-])OCC[N+](C)(C)C)C(/C=C\CCCCCCCCCCCC)OC(=O)CCCCCCCCCCCCCCCCCCCCCCC. The number of nitrogens with zero attached hydrogens (tertiary/aromatic N) is 1. The molecule has 0 saturated heterocycles. The Morgan fingerprint density at radius 2 is 0.843 bits per heavy atom. The summed E-state index contributed by atoms with van der Waals surface area (Å²) in [4.78, 5) is 39.8. The third kappa shape index (κ3) is 51.4. The number of carbonyl (C=O) groups is 2. The highest BCUT2D eigenvalue weighted by atomic mass is 31.2. The number of unbranched alkanes of at least 4 members (excludes halogenated alkanes) is 37. The lowest BCUT2D eigenvalue weighted by molar-refractivity contribution is -0.870. The topological polar surface area (TPSA) is 114 Å². The zero-order valence-electron chi connectivity index (χ0n) is 47.2. The van der Waals surface area contributed by atoms with Crippen molar-refractivity contribution in [1.82, 2.24) is 5.32 Å². The molecular weight excluding hydrogens is 892 g/mol. The number of ether oxygens (including phenoxy) is 1. The highest BCUT2D eigenvalue weighted by Crippen LogP contribution is 2.38. The van der Waals surface area contributed by atoms with Crippen LogP contribution in [0, 0.1) is 0 Å². The summed E-state index contributed by atoms with van der Waals surface area (Å²) >= 11 is 0. The fraction of sp³-hybridized carbons (Fsp3) is 0.900. The molecule has 3 unspecified atom stereocenters. The summed E-state index contributed by atoms with van der Waals surface area (Å²) in [7, 11) is 1.19. The summed E-state index contributed by atoms with van der Waals surface area (Å²) in [6, 6.07) is -0.885. The van der Waals surface area contributed by atoms with Crippen molar-refractivity contribution in [3.63, 3.8) is 0 Å². The first kappa shape index (κ1) is 68.5. The number of phosphoric ester groups is 1. The predicted octanol–water partition coefficient (Wildman–Crippen LogP) is 17.5. The van der Waals surface area contributed by atoms with E-state index >= 15 is 0 Å². The Kier molecular flexibility index (Phi) is 49.9. The second-order valence-corrected chi connectivity index (χ2v) is 23.3. The average Bonchev–Trinajstić information content (AvgIpc) is 3.32. The van der Waals surface area contributed by atoms with E-state index in [1.807, 2.05) is 33.3 Å². The Hall–Kier alpha value is -1.51. The second-order valence-electron chi connectivity index (χ2n) is 21.9. The summed E-state index contributed by atoms with van der Waals surface area (Å²) in [6.45, 7) is 6.83. The fourth-order valence-electron chi connectivity index (χ4n) is 8.92. The standard InChI is InChI=1S/C60H117N2O7P/c1-7-10-13-16-19-22-25-27-28-29-30-31-32-33-34-35-38-41-44-47-50-53-60(64)69-58(51-48-45-42-39-37-26-23-20-17-14-11-8-2)57(56-68-70(65,66)67-55-54-62(4,5)6)61-59(63)52-49-46-43-40-36-24-21-18-15-12-9-3/h18,21,48,51,57-58H,7-17,19-20,22-47,49-50,52-56H2,1-6H3,(H-,61,63,65,66)/b21-18-,51-48-. The van der Waals surface area contributed by atoms with Crippen LogP contribution in [0.1, 0.15) is 297 Å². The Labute approximate surface area is 434 Å². The average molecular weight is 1010 g/mol. The van der Waals surface area contributed by atoms with Gasteiger partial charge in [-0.25, -0.2) is 0 Å². The number of rotatable bonds is 55. The van der Waals surface area contributed by atoms with E-state index in [1.54, 1.807) is 0 Å². The lowest BCUT2D eigenvalue weighted by Gasteiger charge is -2.30.